The van der Waals surface area contributed by atoms with Crippen molar-refractivity contribution in [3.05, 3.63) is 18.2 Å². The molecular weight excluding hydrogens is 236 g/mol. The predicted octanol–water partition coefficient (Wildman–Crippen LogP) is 3.29. The van der Waals surface area contributed by atoms with Crippen LogP contribution < -0.4 is 0 Å². The molecule has 1 aromatic heterocycles. The molecule has 0 N–H and O–H groups in total. The molecule has 1 aromatic rings. The van der Waals surface area contributed by atoms with Crippen LogP contribution in [0.1, 0.15) is 45.0 Å². The van der Waals surface area contributed by atoms with Gasteiger partial charge < -0.3 is 0 Å². The van der Waals surface area contributed by atoms with Gasteiger partial charge in [-0.3, -0.25) is 9.47 Å². The molecule has 0 spiro atoms. The first-order chi connectivity index (χ1) is 8.59. The van der Waals surface area contributed by atoms with Crippen LogP contribution in [0.15, 0.2) is 12.4 Å². The number of rotatable bonds is 4. The molecule has 1 saturated carbocycles. The number of aromatic nitrogens is 2. The number of hydrogen-bond donors (Lipinski definition) is 0. The summed E-state index contributed by atoms with van der Waals surface area (Å²) in [5, 5.41) is 0. The molecule has 0 aromatic carbocycles. The molecule has 0 amide bonds. The van der Waals surface area contributed by atoms with E-state index in [2.05, 4.69) is 16.8 Å². The van der Waals surface area contributed by atoms with Crippen molar-refractivity contribution in [1.82, 2.24) is 14.5 Å². The van der Waals surface area contributed by atoms with E-state index in [1.54, 1.807) is 0 Å². The monoisotopic (exact) mass is 257 g/mol. The largest absolute Gasteiger partial charge is 0.319 e. The van der Waals surface area contributed by atoms with E-state index in [0.29, 0.717) is 24.3 Å². The minimum atomic E-state index is -2.50. The minimum Gasteiger partial charge on any atom is -0.296 e. The summed E-state index contributed by atoms with van der Waals surface area (Å²) in [7, 11) is 2.01. The lowest BCUT2D eigenvalue weighted by atomic mass is 9.85. The highest BCUT2D eigenvalue weighted by Crippen LogP contribution is 2.28. The number of alkyl halides is 2. The fraction of sp³-hybridized carbons (Fsp3) is 0.769. The Bertz CT molecular complexity index is 378. The van der Waals surface area contributed by atoms with Gasteiger partial charge in [0.2, 0.25) is 0 Å². The number of hydrogen-bond acceptors (Lipinski definition) is 2. The van der Waals surface area contributed by atoms with E-state index < -0.39 is 6.55 Å². The molecule has 2 rings (SSSR count). The average molecular weight is 257 g/mol. The van der Waals surface area contributed by atoms with E-state index in [0.717, 1.165) is 11.0 Å². The van der Waals surface area contributed by atoms with E-state index in [4.69, 9.17) is 0 Å². The third-order valence-corrected chi connectivity index (χ3v) is 3.98. The van der Waals surface area contributed by atoms with E-state index in [1.807, 2.05) is 7.05 Å². The highest BCUT2D eigenvalue weighted by Gasteiger charge is 2.26. The number of nitrogens with zero attached hydrogens (tertiary/aromatic N) is 3. The highest BCUT2D eigenvalue weighted by atomic mass is 19.3. The van der Waals surface area contributed by atoms with Crippen LogP contribution in [0, 0.1) is 5.92 Å². The molecule has 102 valence electrons. The lowest BCUT2D eigenvalue weighted by Crippen LogP contribution is -2.39. The van der Waals surface area contributed by atoms with Gasteiger partial charge in [0.25, 0.3) is 0 Å². The standard InChI is InChI=1S/C13H21F2N3/c1-10-5-3-4-6-11(10)17(2)9-12-16-7-8-18(12)13(14)15/h7-8,10-11,13H,3-6,9H2,1-2H3/t10-,11-/m0/s1. The van der Waals surface area contributed by atoms with Crippen molar-refractivity contribution in [2.24, 2.45) is 5.92 Å². The SMILES string of the molecule is C[C@H]1CCCC[C@@H]1N(C)Cc1nccn1C(F)F. The van der Waals surface area contributed by atoms with Crippen LogP contribution in [0.5, 0.6) is 0 Å². The minimum absolute atomic E-state index is 0.449. The summed E-state index contributed by atoms with van der Waals surface area (Å²) in [5.41, 5.74) is 0. The van der Waals surface area contributed by atoms with Gasteiger partial charge in [-0.1, -0.05) is 19.8 Å². The Labute approximate surface area is 107 Å². The third kappa shape index (κ3) is 2.88. The lowest BCUT2D eigenvalue weighted by Gasteiger charge is -2.36. The summed E-state index contributed by atoms with van der Waals surface area (Å²) in [5.74, 6) is 1.09. The van der Waals surface area contributed by atoms with Crippen LogP contribution in [0.3, 0.4) is 0 Å². The van der Waals surface area contributed by atoms with Crippen LogP contribution in [0.25, 0.3) is 0 Å². The van der Waals surface area contributed by atoms with Gasteiger partial charge in [-0.2, -0.15) is 8.78 Å². The van der Waals surface area contributed by atoms with Crippen LogP contribution in [0.4, 0.5) is 8.78 Å². The zero-order valence-corrected chi connectivity index (χ0v) is 11.0. The summed E-state index contributed by atoms with van der Waals surface area (Å²) >= 11 is 0. The summed E-state index contributed by atoms with van der Waals surface area (Å²) in [6.45, 7) is 0.242. The van der Waals surface area contributed by atoms with Crippen LogP contribution in [-0.2, 0) is 6.54 Å². The fourth-order valence-corrected chi connectivity index (χ4v) is 2.94. The first-order valence-corrected chi connectivity index (χ1v) is 6.59. The van der Waals surface area contributed by atoms with Crippen LogP contribution in [0.2, 0.25) is 0 Å². The molecule has 3 nitrogen and oxygen atoms in total. The molecule has 2 atom stereocenters. The lowest BCUT2D eigenvalue weighted by molar-refractivity contribution is 0.0603. The molecule has 1 aliphatic rings. The first-order valence-electron chi connectivity index (χ1n) is 6.59. The van der Waals surface area contributed by atoms with Crippen molar-refractivity contribution >= 4 is 0 Å². The number of imidazole rings is 1. The van der Waals surface area contributed by atoms with E-state index in [1.165, 1.54) is 31.7 Å². The Kier molecular flexibility index (Phi) is 4.32. The molecule has 1 aliphatic carbocycles. The third-order valence-electron chi connectivity index (χ3n) is 3.98. The van der Waals surface area contributed by atoms with E-state index in [-0.39, 0.29) is 0 Å². The Morgan fingerprint density at radius 2 is 2.17 bits per heavy atom. The summed E-state index contributed by atoms with van der Waals surface area (Å²) in [6, 6.07) is 0.488. The second-order valence-electron chi connectivity index (χ2n) is 5.27. The first kappa shape index (κ1) is 13.5. The molecule has 0 bridgehead atoms. The average Bonchev–Trinajstić information content (AvgIpc) is 2.77. The highest BCUT2D eigenvalue weighted by molar-refractivity contribution is 4.94. The van der Waals surface area contributed by atoms with Gasteiger partial charge in [-0.05, 0) is 25.8 Å². The topological polar surface area (TPSA) is 21.1 Å². The van der Waals surface area contributed by atoms with Gasteiger partial charge in [-0.15, -0.1) is 0 Å². The van der Waals surface area contributed by atoms with Gasteiger partial charge >= 0.3 is 6.55 Å². The molecular formula is C13H21F2N3. The maximum atomic E-state index is 12.7. The molecule has 0 radical (unpaired) electrons. The zero-order chi connectivity index (χ0) is 13.1. The summed E-state index contributed by atoms with van der Waals surface area (Å²) in [4.78, 5) is 6.21. The van der Waals surface area contributed by atoms with Gasteiger partial charge in [0, 0.05) is 18.4 Å². The number of halogens is 2. The molecule has 1 heterocycles. The Morgan fingerprint density at radius 3 is 2.83 bits per heavy atom. The summed E-state index contributed by atoms with van der Waals surface area (Å²) < 4.78 is 26.4. The van der Waals surface area contributed by atoms with Crippen LogP contribution in [-0.4, -0.2) is 27.5 Å². The quantitative estimate of drug-likeness (QED) is 0.825. The van der Waals surface area contributed by atoms with Gasteiger partial charge in [-0.25, -0.2) is 4.98 Å². The second-order valence-corrected chi connectivity index (χ2v) is 5.27. The smallest absolute Gasteiger partial charge is 0.296 e. The Hall–Kier alpha value is -0.970. The van der Waals surface area contributed by atoms with Crippen molar-refractivity contribution in [1.29, 1.82) is 0 Å². The van der Waals surface area contributed by atoms with Gasteiger partial charge in [0.05, 0.1) is 6.54 Å². The van der Waals surface area contributed by atoms with Crippen molar-refractivity contribution in [2.75, 3.05) is 7.05 Å². The zero-order valence-electron chi connectivity index (χ0n) is 11.0. The molecule has 5 heteroatoms. The molecule has 18 heavy (non-hydrogen) atoms. The van der Waals surface area contributed by atoms with Crippen molar-refractivity contribution in [3.8, 4) is 0 Å². The van der Waals surface area contributed by atoms with Crippen LogP contribution >= 0.6 is 0 Å². The Balaban J connectivity index is 2.01. The van der Waals surface area contributed by atoms with Crippen molar-refractivity contribution < 1.29 is 8.78 Å². The van der Waals surface area contributed by atoms with E-state index >= 15 is 0 Å². The van der Waals surface area contributed by atoms with Gasteiger partial charge in [0.15, 0.2) is 0 Å². The van der Waals surface area contributed by atoms with Crippen molar-refractivity contribution in [3.63, 3.8) is 0 Å². The van der Waals surface area contributed by atoms with E-state index in [9.17, 15) is 8.78 Å². The molecule has 0 unspecified atom stereocenters. The van der Waals surface area contributed by atoms with Gasteiger partial charge in [0.1, 0.15) is 5.82 Å². The fourth-order valence-electron chi connectivity index (χ4n) is 2.94. The maximum Gasteiger partial charge on any atom is 0.319 e. The maximum absolute atomic E-state index is 12.7. The predicted molar refractivity (Wildman–Crippen MR) is 66.4 cm³/mol. The normalized spacial score (nSPS) is 25.0. The molecule has 0 aliphatic heterocycles. The second kappa shape index (κ2) is 5.78. The van der Waals surface area contributed by atoms with Crippen molar-refractivity contribution in [2.45, 2.75) is 51.7 Å². The molecule has 1 fully saturated rings. The summed E-state index contributed by atoms with van der Waals surface area (Å²) in [6.07, 6.45) is 7.71. The molecule has 0 saturated heterocycles. The Morgan fingerprint density at radius 1 is 1.44 bits per heavy atom.